The van der Waals surface area contributed by atoms with Crippen molar-refractivity contribution < 1.29 is 0 Å². The summed E-state index contributed by atoms with van der Waals surface area (Å²) in [4.78, 5) is 0. The first-order valence-corrected chi connectivity index (χ1v) is 6.17. The van der Waals surface area contributed by atoms with Crippen LogP contribution >= 0.6 is 0 Å². The van der Waals surface area contributed by atoms with Gasteiger partial charge in [0.2, 0.25) is 0 Å². The fraction of sp³-hybridized carbons (Fsp3) is 0. The first kappa shape index (κ1) is 13.3. The van der Waals surface area contributed by atoms with Crippen LogP contribution in [0.4, 0.5) is 0 Å². The zero-order chi connectivity index (χ0) is 14.2. The maximum atomic E-state index is 9.21. The first-order valence-electron chi connectivity index (χ1n) is 6.17. The summed E-state index contributed by atoms with van der Waals surface area (Å²) in [6, 6.07) is 21.1. The van der Waals surface area contributed by atoms with E-state index in [4.69, 9.17) is 5.26 Å². The molecule has 0 bridgehead atoms. The molecule has 0 spiro atoms. The molecule has 0 N–H and O–H groups in total. The molecule has 2 heteroatoms. The first-order chi connectivity index (χ1) is 9.83. The highest BCUT2D eigenvalue weighted by Crippen LogP contribution is 2.15. The molecule has 2 nitrogen and oxygen atoms in total. The Morgan fingerprint density at radius 2 is 1.75 bits per heavy atom. The van der Waals surface area contributed by atoms with E-state index in [1.807, 2.05) is 48.6 Å². The highest BCUT2D eigenvalue weighted by atomic mass is 14.3. The van der Waals surface area contributed by atoms with Crippen LogP contribution in [-0.4, -0.2) is 0 Å². The van der Waals surface area contributed by atoms with Crippen LogP contribution in [0.1, 0.15) is 16.7 Å². The lowest BCUT2D eigenvalue weighted by Gasteiger charge is -1.98. The highest BCUT2D eigenvalue weighted by molar-refractivity contribution is 5.79. The van der Waals surface area contributed by atoms with Gasteiger partial charge in [-0.25, -0.2) is 0 Å². The minimum Gasteiger partial charge on any atom is -0.192 e. The molecule has 0 amide bonds. The van der Waals surface area contributed by atoms with E-state index in [2.05, 4.69) is 12.1 Å². The molecule has 0 aliphatic carbocycles. The van der Waals surface area contributed by atoms with E-state index in [9.17, 15) is 5.26 Å². The van der Waals surface area contributed by atoms with Crippen molar-refractivity contribution in [3.8, 4) is 12.1 Å². The molecule has 0 saturated heterocycles. The predicted molar refractivity (Wildman–Crippen MR) is 80.2 cm³/mol. The Hall–Kier alpha value is -3.10. The average Bonchev–Trinajstić information content (AvgIpc) is 2.52. The smallest absolute Gasteiger partial charge is 0.0997 e. The van der Waals surface area contributed by atoms with Gasteiger partial charge in [0.25, 0.3) is 0 Å². The molecule has 20 heavy (non-hydrogen) atoms. The van der Waals surface area contributed by atoms with Crippen molar-refractivity contribution in [2.45, 2.75) is 0 Å². The third-order valence-electron chi connectivity index (χ3n) is 2.77. The molecule has 0 unspecified atom stereocenters. The van der Waals surface area contributed by atoms with E-state index < -0.39 is 0 Å². The van der Waals surface area contributed by atoms with Crippen molar-refractivity contribution in [1.29, 1.82) is 10.5 Å². The van der Waals surface area contributed by atoms with Gasteiger partial charge in [0.1, 0.15) is 0 Å². The van der Waals surface area contributed by atoms with Crippen LogP contribution in [-0.2, 0) is 0 Å². The summed E-state index contributed by atoms with van der Waals surface area (Å²) >= 11 is 0. The highest BCUT2D eigenvalue weighted by Gasteiger charge is 2.00. The van der Waals surface area contributed by atoms with E-state index >= 15 is 0 Å². The van der Waals surface area contributed by atoms with Crippen molar-refractivity contribution in [3.05, 3.63) is 83.4 Å². The maximum Gasteiger partial charge on any atom is 0.0997 e. The SMILES string of the molecule is N#C/C(=C\C=C\c1ccccc1)c1cccc(C#N)c1. The molecular formula is C18H12N2. The molecule has 0 radical (unpaired) electrons. The molecule has 2 aromatic rings. The predicted octanol–water partition coefficient (Wildman–Crippen LogP) is 4.18. The monoisotopic (exact) mass is 256 g/mol. The molecule has 0 saturated carbocycles. The van der Waals surface area contributed by atoms with E-state index in [-0.39, 0.29) is 0 Å². The fourth-order valence-corrected chi connectivity index (χ4v) is 1.77. The zero-order valence-corrected chi connectivity index (χ0v) is 10.8. The largest absolute Gasteiger partial charge is 0.192 e. The summed E-state index contributed by atoms with van der Waals surface area (Å²) in [5.74, 6) is 0. The number of hydrogen-bond donors (Lipinski definition) is 0. The topological polar surface area (TPSA) is 47.6 Å². The Kier molecular flexibility index (Phi) is 4.49. The van der Waals surface area contributed by atoms with Crippen LogP contribution in [0.3, 0.4) is 0 Å². The van der Waals surface area contributed by atoms with Gasteiger partial charge >= 0.3 is 0 Å². The summed E-state index contributed by atoms with van der Waals surface area (Å²) in [5.41, 5.74) is 2.92. The standard InChI is InChI=1S/C18H12N2/c19-13-16-9-5-10-17(12-16)18(14-20)11-4-8-15-6-2-1-3-7-15/h1-12H/b8-4+,18-11+. The summed E-state index contributed by atoms with van der Waals surface area (Å²) in [7, 11) is 0. The lowest BCUT2D eigenvalue weighted by Crippen LogP contribution is -1.82. The number of rotatable bonds is 3. The normalized spacial score (nSPS) is 11.0. The second kappa shape index (κ2) is 6.73. The molecule has 0 heterocycles. The Balaban J connectivity index is 2.24. The molecule has 94 valence electrons. The van der Waals surface area contributed by atoms with Crippen molar-refractivity contribution >= 4 is 11.6 Å². The van der Waals surface area contributed by atoms with Gasteiger partial charge in [0, 0.05) is 0 Å². The fourth-order valence-electron chi connectivity index (χ4n) is 1.77. The van der Waals surface area contributed by atoms with E-state index in [0.717, 1.165) is 11.1 Å². The maximum absolute atomic E-state index is 9.21. The third kappa shape index (κ3) is 3.45. The minimum absolute atomic E-state index is 0.536. The van der Waals surface area contributed by atoms with Crippen LogP contribution in [0.15, 0.2) is 66.7 Å². The molecule has 0 aromatic heterocycles. The van der Waals surface area contributed by atoms with E-state index in [1.165, 1.54) is 0 Å². The Morgan fingerprint density at radius 3 is 2.45 bits per heavy atom. The number of benzene rings is 2. The van der Waals surface area contributed by atoms with Crippen molar-refractivity contribution in [3.63, 3.8) is 0 Å². The third-order valence-corrected chi connectivity index (χ3v) is 2.77. The number of nitrogens with zero attached hydrogens (tertiary/aromatic N) is 2. The Morgan fingerprint density at radius 1 is 0.950 bits per heavy atom. The van der Waals surface area contributed by atoms with Crippen LogP contribution in [0.25, 0.3) is 11.6 Å². The molecule has 2 rings (SSSR count). The second-order valence-corrected chi connectivity index (χ2v) is 4.15. The van der Waals surface area contributed by atoms with Crippen LogP contribution < -0.4 is 0 Å². The zero-order valence-electron chi connectivity index (χ0n) is 10.8. The van der Waals surface area contributed by atoms with Crippen molar-refractivity contribution in [1.82, 2.24) is 0 Å². The lowest BCUT2D eigenvalue weighted by molar-refractivity contribution is 1.47. The number of hydrogen-bond acceptors (Lipinski definition) is 2. The van der Waals surface area contributed by atoms with Gasteiger partial charge < -0.3 is 0 Å². The quantitative estimate of drug-likeness (QED) is 0.611. The van der Waals surface area contributed by atoms with Gasteiger partial charge in [-0.3, -0.25) is 0 Å². The van der Waals surface area contributed by atoms with Gasteiger partial charge in [0.05, 0.1) is 23.3 Å². The molecule has 0 aliphatic heterocycles. The van der Waals surface area contributed by atoms with Gasteiger partial charge in [-0.15, -0.1) is 0 Å². The lowest BCUT2D eigenvalue weighted by atomic mass is 10.0. The summed E-state index contributed by atoms with van der Waals surface area (Å²) in [6.07, 6.45) is 5.53. The van der Waals surface area contributed by atoms with Crippen LogP contribution in [0, 0.1) is 22.7 Å². The van der Waals surface area contributed by atoms with Gasteiger partial charge in [-0.2, -0.15) is 10.5 Å². The summed E-state index contributed by atoms with van der Waals surface area (Å²) < 4.78 is 0. The molecule has 0 aliphatic rings. The Labute approximate surface area is 118 Å². The van der Waals surface area contributed by atoms with Crippen molar-refractivity contribution in [2.24, 2.45) is 0 Å². The minimum atomic E-state index is 0.536. The van der Waals surface area contributed by atoms with Crippen LogP contribution in [0.2, 0.25) is 0 Å². The molecule has 0 atom stereocenters. The van der Waals surface area contributed by atoms with Gasteiger partial charge in [0.15, 0.2) is 0 Å². The van der Waals surface area contributed by atoms with E-state index in [0.29, 0.717) is 11.1 Å². The van der Waals surface area contributed by atoms with Crippen LogP contribution in [0.5, 0.6) is 0 Å². The molecular weight excluding hydrogens is 244 g/mol. The van der Waals surface area contributed by atoms with Gasteiger partial charge in [-0.05, 0) is 29.3 Å². The molecule has 2 aromatic carbocycles. The molecule has 0 fully saturated rings. The summed E-state index contributed by atoms with van der Waals surface area (Å²) in [5, 5.41) is 18.1. The second-order valence-electron chi connectivity index (χ2n) is 4.15. The average molecular weight is 256 g/mol. The van der Waals surface area contributed by atoms with Crippen molar-refractivity contribution in [2.75, 3.05) is 0 Å². The summed E-state index contributed by atoms with van der Waals surface area (Å²) in [6.45, 7) is 0. The Bertz CT molecular complexity index is 726. The van der Waals surface area contributed by atoms with E-state index in [1.54, 1.807) is 24.3 Å². The number of nitriles is 2. The van der Waals surface area contributed by atoms with Gasteiger partial charge in [-0.1, -0.05) is 54.6 Å². The number of allylic oxidation sites excluding steroid dienone is 3.